The fourth-order valence-electron chi connectivity index (χ4n) is 1.94. The lowest BCUT2D eigenvalue weighted by atomic mass is 10.2. The average Bonchev–Trinajstić information content (AvgIpc) is 2.27. The quantitative estimate of drug-likeness (QED) is 0.780. The van der Waals surface area contributed by atoms with Crippen LogP contribution in [0.5, 0.6) is 0 Å². The molecule has 0 amide bonds. The summed E-state index contributed by atoms with van der Waals surface area (Å²) < 4.78 is 26.2. The van der Waals surface area contributed by atoms with E-state index in [4.69, 9.17) is 34.8 Å². The Morgan fingerprint density at radius 3 is 2.33 bits per heavy atom. The van der Waals surface area contributed by atoms with Gasteiger partial charge in [-0.15, -0.1) is 11.6 Å². The molecular formula is C11H12Cl3NO2S. The van der Waals surface area contributed by atoms with Crippen molar-refractivity contribution >= 4 is 44.8 Å². The van der Waals surface area contributed by atoms with E-state index in [1.807, 2.05) is 0 Å². The summed E-state index contributed by atoms with van der Waals surface area (Å²) in [5, 5.41) is 0.476. The SMILES string of the molecule is O=S(=O)(c1cc(Cl)cc(Cl)c1)N1CCCC(Cl)C1. The van der Waals surface area contributed by atoms with Crippen molar-refractivity contribution in [1.82, 2.24) is 4.31 Å². The van der Waals surface area contributed by atoms with Crippen LogP contribution in [0.2, 0.25) is 10.0 Å². The van der Waals surface area contributed by atoms with Crippen molar-refractivity contribution in [2.75, 3.05) is 13.1 Å². The van der Waals surface area contributed by atoms with Crippen molar-refractivity contribution in [3.05, 3.63) is 28.2 Å². The summed E-state index contributed by atoms with van der Waals surface area (Å²) in [7, 11) is -3.56. The standard InChI is InChI=1S/C11H12Cl3NO2S/c12-8-2-1-3-15(7-8)18(16,17)11-5-9(13)4-10(14)6-11/h4-6,8H,1-3,7H2. The number of benzene rings is 1. The molecule has 1 aromatic carbocycles. The molecule has 0 saturated carbocycles. The van der Waals surface area contributed by atoms with E-state index in [1.54, 1.807) is 0 Å². The van der Waals surface area contributed by atoms with Crippen molar-refractivity contribution in [2.24, 2.45) is 0 Å². The van der Waals surface area contributed by atoms with E-state index in [9.17, 15) is 8.42 Å². The van der Waals surface area contributed by atoms with Gasteiger partial charge in [0.15, 0.2) is 0 Å². The molecule has 1 aliphatic heterocycles. The maximum atomic E-state index is 12.4. The van der Waals surface area contributed by atoms with E-state index in [1.165, 1.54) is 22.5 Å². The molecule has 2 rings (SSSR count). The van der Waals surface area contributed by atoms with Crippen molar-refractivity contribution in [3.63, 3.8) is 0 Å². The Morgan fingerprint density at radius 1 is 1.17 bits per heavy atom. The Labute approximate surface area is 122 Å². The molecule has 1 aliphatic rings. The zero-order valence-electron chi connectivity index (χ0n) is 9.44. The summed E-state index contributed by atoms with van der Waals surface area (Å²) in [5.74, 6) is 0. The van der Waals surface area contributed by atoms with Gasteiger partial charge in [-0.3, -0.25) is 0 Å². The smallest absolute Gasteiger partial charge is 0.207 e. The highest BCUT2D eigenvalue weighted by Crippen LogP contribution is 2.27. The first-order valence-electron chi connectivity index (χ1n) is 5.50. The van der Waals surface area contributed by atoms with Crippen LogP contribution in [0, 0.1) is 0 Å². The number of nitrogens with zero attached hydrogens (tertiary/aromatic N) is 1. The van der Waals surface area contributed by atoms with Crippen LogP contribution in [0.25, 0.3) is 0 Å². The zero-order chi connectivity index (χ0) is 13.3. The number of hydrogen-bond acceptors (Lipinski definition) is 2. The van der Waals surface area contributed by atoms with E-state index in [2.05, 4.69) is 0 Å². The van der Waals surface area contributed by atoms with Gasteiger partial charge in [0.25, 0.3) is 0 Å². The van der Waals surface area contributed by atoms with Crippen molar-refractivity contribution < 1.29 is 8.42 Å². The summed E-state index contributed by atoms with van der Waals surface area (Å²) in [5.41, 5.74) is 0. The van der Waals surface area contributed by atoms with Crippen LogP contribution in [0.3, 0.4) is 0 Å². The highest BCUT2D eigenvalue weighted by Gasteiger charge is 2.29. The third kappa shape index (κ3) is 3.11. The Bertz CT molecular complexity index is 527. The topological polar surface area (TPSA) is 37.4 Å². The fraction of sp³-hybridized carbons (Fsp3) is 0.455. The Morgan fingerprint density at radius 2 is 1.78 bits per heavy atom. The Balaban J connectivity index is 2.35. The van der Waals surface area contributed by atoms with Crippen LogP contribution in [0.4, 0.5) is 0 Å². The Hall–Kier alpha value is -0.000000000000000111. The summed E-state index contributed by atoms with van der Waals surface area (Å²) in [6.45, 7) is 0.809. The molecule has 7 heteroatoms. The highest BCUT2D eigenvalue weighted by molar-refractivity contribution is 7.89. The summed E-state index contributed by atoms with van der Waals surface area (Å²) in [4.78, 5) is 0.116. The van der Waals surface area contributed by atoms with Gasteiger partial charge in [0, 0.05) is 28.5 Å². The lowest BCUT2D eigenvalue weighted by Crippen LogP contribution is -2.40. The lowest BCUT2D eigenvalue weighted by molar-refractivity contribution is 0.350. The van der Waals surface area contributed by atoms with Crippen molar-refractivity contribution in [1.29, 1.82) is 0 Å². The highest BCUT2D eigenvalue weighted by atomic mass is 35.5. The molecule has 18 heavy (non-hydrogen) atoms. The van der Waals surface area contributed by atoms with Crippen molar-refractivity contribution in [2.45, 2.75) is 23.1 Å². The Kier molecular flexibility index (Phi) is 4.44. The minimum atomic E-state index is -3.56. The number of alkyl halides is 1. The van der Waals surface area contributed by atoms with Gasteiger partial charge in [0.1, 0.15) is 0 Å². The van der Waals surface area contributed by atoms with Gasteiger partial charge in [0.05, 0.1) is 4.90 Å². The van der Waals surface area contributed by atoms with E-state index >= 15 is 0 Å². The van der Waals surface area contributed by atoms with Gasteiger partial charge >= 0.3 is 0 Å². The second-order valence-electron chi connectivity index (χ2n) is 4.21. The predicted molar refractivity (Wildman–Crippen MR) is 74.1 cm³/mol. The number of rotatable bonds is 2. The van der Waals surface area contributed by atoms with Crippen LogP contribution in [-0.4, -0.2) is 31.2 Å². The van der Waals surface area contributed by atoms with Gasteiger partial charge in [-0.25, -0.2) is 8.42 Å². The lowest BCUT2D eigenvalue weighted by Gasteiger charge is -2.29. The van der Waals surface area contributed by atoms with E-state index in [-0.39, 0.29) is 10.3 Å². The maximum absolute atomic E-state index is 12.4. The first-order valence-corrected chi connectivity index (χ1v) is 8.13. The van der Waals surface area contributed by atoms with Gasteiger partial charge in [-0.05, 0) is 31.0 Å². The van der Waals surface area contributed by atoms with Crippen LogP contribution >= 0.6 is 34.8 Å². The molecule has 1 unspecified atom stereocenters. The van der Waals surface area contributed by atoms with E-state index in [0.29, 0.717) is 23.1 Å². The number of sulfonamides is 1. The largest absolute Gasteiger partial charge is 0.243 e. The predicted octanol–water partition coefficient (Wildman–Crippen LogP) is 3.39. The molecule has 0 radical (unpaired) electrons. The van der Waals surface area contributed by atoms with Gasteiger partial charge in [-0.2, -0.15) is 4.31 Å². The van der Waals surface area contributed by atoms with Gasteiger partial charge < -0.3 is 0 Å². The third-order valence-corrected chi connectivity index (χ3v) is 5.44. The van der Waals surface area contributed by atoms with Crippen LogP contribution in [0.1, 0.15) is 12.8 Å². The molecule has 0 N–H and O–H groups in total. The normalized spacial score (nSPS) is 22.1. The fourth-order valence-corrected chi connectivity index (χ4v) is 4.59. The van der Waals surface area contributed by atoms with E-state index in [0.717, 1.165) is 12.8 Å². The molecule has 1 saturated heterocycles. The van der Waals surface area contributed by atoms with Gasteiger partial charge in [0.2, 0.25) is 10.0 Å². The molecule has 1 atom stereocenters. The summed E-state index contributed by atoms with van der Waals surface area (Å²) in [6, 6.07) is 4.31. The monoisotopic (exact) mass is 327 g/mol. The van der Waals surface area contributed by atoms with Crippen LogP contribution in [-0.2, 0) is 10.0 Å². The molecule has 1 aromatic rings. The number of piperidine rings is 1. The molecule has 0 bridgehead atoms. The molecule has 3 nitrogen and oxygen atoms in total. The third-order valence-electron chi connectivity index (χ3n) is 2.80. The summed E-state index contributed by atoms with van der Waals surface area (Å²) in [6.07, 6.45) is 1.60. The van der Waals surface area contributed by atoms with Crippen LogP contribution < -0.4 is 0 Å². The first kappa shape index (κ1) is 14.4. The molecule has 1 heterocycles. The number of halogens is 3. The molecule has 100 valence electrons. The zero-order valence-corrected chi connectivity index (χ0v) is 12.5. The molecule has 0 aromatic heterocycles. The number of hydrogen-bond donors (Lipinski definition) is 0. The molecule has 0 aliphatic carbocycles. The van der Waals surface area contributed by atoms with E-state index < -0.39 is 10.0 Å². The van der Waals surface area contributed by atoms with Gasteiger partial charge in [-0.1, -0.05) is 23.2 Å². The minimum Gasteiger partial charge on any atom is -0.207 e. The van der Waals surface area contributed by atoms with Crippen LogP contribution in [0.15, 0.2) is 23.1 Å². The maximum Gasteiger partial charge on any atom is 0.243 e. The minimum absolute atomic E-state index is 0.116. The second kappa shape index (κ2) is 5.55. The average molecular weight is 329 g/mol. The van der Waals surface area contributed by atoms with Crippen molar-refractivity contribution in [3.8, 4) is 0 Å². The molecule has 1 fully saturated rings. The molecular weight excluding hydrogens is 317 g/mol. The first-order chi connectivity index (χ1) is 8.39. The second-order valence-corrected chi connectivity index (χ2v) is 7.64. The summed E-state index contributed by atoms with van der Waals surface area (Å²) >= 11 is 17.7. The molecule has 0 spiro atoms.